The van der Waals surface area contributed by atoms with Crippen molar-refractivity contribution >= 4 is 0 Å². The Bertz CT molecular complexity index is 444. The normalized spacial score (nSPS) is 28.6. The molecule has 0 aliphatic heterocycles. The first-order valence-corrected chi connectivity index (χ1v) is 7.76. The maximum absolute atomic E-state index is 4.40. The Morgan fingerprint density at radius 1 is 1.40 bits per heavy atom. The number of hydrogen-bond acceptors (Lipinski definition) is 3. The van der Waals surface area contributed by atoms with Gasteiger partial charge in [0.1, 0.15) is 0 Å². The number of likely N-dealkylation sites (N-methyl/N-ethyl adjacent to an activating group) is 2. The Kier molecular flexibility index (Phi) is 4.82. The minimum absolute atomic E-state index is 0.196. The molecule has 1 fully saturated rings. The molecule has 20 heavy (non-hydrogen) atoms. The molecule has 0 aromatic carbocycles. The Balaban J connectivity index is 2.40. The Morgan fingerprint density at radius 2 is 2.15 bits per heavy atom. The molecule has 0 saturated heterocycles. The summed E-state index contributed by atoms with van der Waals surface area (Å²) in [6, 6.07) is 2.62. The number of nitrogens with zero attached hydrogens (tertiary/aromatic N) is 2. The van der Waals surface area contributed by atoms with Crippen molar-refractivity contribution in [3.05, 3.63) is 29.6 Å². The molecule has 0 amide bonds. The van der Waals surface area contributed by atoms with Crippen LogP contribution in [0.1, 0.15) is 49.8 Å². The monoisotopic (exact) mass is 275 g/mol. The van der Waals surface area contributed by atoms with E-state index in [0.29, 0.717) is 6.04 Å². The van der Waals surface area contributed by atoms with Gasteiger partial charge in [0.25, 0.3) is 0 Å². The zero-order valence-electron chi connectivity index (χ0n) is 13.6. The van der Waals surface area contributed by atoms with Gasteiger partial charge >= 0.3 is 0 Å². The lowest BCUT2D eigenvalue weighted by Gasteiger charge is -2.50. The zero-order chi connectivity index (χ0) is 14.8. The van der Waals surface area contributed by atoms with Gasteiger partial charge in [0.05, 0.1) is 6.04 Å². The summed E-state index contributed by atoms with van der Waals surface area (Å²) < 4.78 is 0. The molecule has 3 unspecified atom stereocenters. The largest absolute Gasteiger partial charge is 0.311 e. The molecule has 112 valence electrons. The van der Waals surface area contributed by atoms with Gasteiger partial charge in [-0.2, -0.15) is 0 Å². The van der Waals surface area contributed by atoms with Gasteiger partial charge in [-0.1, -0.05) is 25.8 Å². The topological polar surface area (TPSA) is 28.2 Å². The molecule has 1 aliphatic carbocycles. The highest BCUT2D eigenvalue weighted by Gasteiger charge is 2.43. The van der Waals surface area contributed by atoms with Gasteiger partial charge in [0, 0.05) is 17.9 Å². The maximum atomic E-state index is 4.40. The molecule has 1 N–H and O–H groups in total. The van der Waals surface area contributed by atoms with Crippen molar-refractivity contribution in [2.75, 3.05) is 21.1 Å². The van der Waals surface area contributed by atoms with Crippen molar-refractivity contribution in [3.8, 4) is 0 Å². The van der Waals surface area contributed by atoms with E-state index in [1.54, 1.807) is 0 Å². The molecule has 0 bridgehead atoms. The van der Waals surface area contributed by atoms with E-state index in [4.69, 9.17) is 0 Å². The van der Waals surface area contributed by atoms with Gasteiger partial charge in [-0.05, 0) is 58.0 Å². The zero-order valence-corrected chi connectivity index (χ0v) is 13.6. The number of aromatic nitrogens is 1. The molecule has 1 aliphatic rings. The fourth-order valence-electron chi connectivity index (χ4n) is 3.97. The molecule has 1 aromatic rings. The average Bonchev–Trinajstić information content (AvgIpc) is 2.39. The molecule has 0 spiro atoms. The SMILES string of the molecule is CNC(c1cncc(C)c1)C1(N(C)C)CCCC(C)C1. The lowest BCUT2D eigenvalue weighted by molar-refractivity contribution is 0.0392. The van der Waals surface area contributed by atoms with Gasteiger partial charge in [0.15, 0.2) is 0 Å². The van der Waals surface area contributed by atoms with E-state index in [0.717, 1.165) is 5.92 Å². The first-order chi connectivity index (χ1) is 9.49. The minimum Gasteiger partial charge on any atom is -0.311 e. The quantitative estimate of drug-likeness (QED) is 0.915. The van der Waals surface area contributed by atoms with Crippen LogP contribution in [0.2, 0.25) is 0 Å². The van der Waals surface area contributed by atoms with Crippen LogP contribution in [0.3, 0.4) is 0 Å². The van der Waals surface area contributed by atoms with Gasteiger partial charge in [0.2, 0.25) is 0 Å². The van der Waals surface area contributed by atoms with E-state index in [1.807, 2.05) is 12.4 Å². The number of hydrogen-bond donors (Lipinski definition) is 1. The van der Waals surface area contributed by atoms with Crippen molar-refractivity contribution in [3.63, 3.8) is 0 Å². The third-order valence-corrected chi connectivity index (χ3v) is 4.95. The van der Waals surface area contributed by atoms with Crippen molar-refractivity contribution < 1.29 is 0 Å². The van der Waals surface area contributed by atoms with Crippen LogP contribution in [0.5, 0.6) is 0 Å². The van der Waals surface area contributed by atoms with Gasteiger partial charge < -0.3 is 10.2 Å². The summed E-state index contributed by atoms with van der Waals surface area (Å²) in [5, 5.41) is 3.58. The first-order valence-electron chi connectivity index (χ1n) is 7.76. The van der Waals surface area contributed by atoms with Crippen molar-refractivity contribution in [2.24, 2.45) is 5.92 Å². The third-order valence-electron chi connectivity index (χ3n) is 4.95. The predicted molar refractivity (Wildman–Crippen MR) is 84.8 cm³/mol. The standard InChI is InChI=1S/C17H29N3/c1-13-7-6-8-17(10-13,20(4)5)16(18-3)15-9-14(2)11-19-12-15/h9,11-13,16,18H,6-8,10H2,1-5H3. The van der Waals surface area contributed by atoms with Crippen LogP contribution in [-0.4, -0.2) is 36.6 Å². The van der Waals surface area contributed by atoms with E-state index >= 15 is 0 Å². The summed E-state index contributed by atoms with van der Waals surface area (Å²) in [6.07, 6.45) is 9.14. The van der Waals surface area contributed by atoms with Gasteiger partial charge in [-0.25, -0.2) is 0 Å². The summed E-state index contributed by atoms with van der Waals surface area (Å²) in [5.74, 6) is 0.791. The Hall–Kier alpha value is -0.930. The predicted octanol–water partition coefficient (Wildman–Crippen LogP) is 3.16. The summed E-state index contributed by atoms with van der Waals surface area (Å²) in [7, 11) is 6.54. The number of aryl methyl sites for hydroxylation is 1. The Labute approximate surface area is 123 Å². The van der Waals surface area contributed by atoms with Crippen molar-refractivity contribution in [1.29, 1.82) is 0 Å². The summed E-state index contributed by atoms with van der Waals surface area (Å²) in [5.41, 5.74) is 2.75. The molecular formula is C17H29N3. The van der Waals surface area contributed by atoms with E-state index in [-0.39, 0.29) is 5.54 Å². The Morgan fingerprint density at radius 3 is 2.70 bits per heavy atom. The van der Waals surface area contributed by atoms with Crippen LogP contribution >= 0.6 is 0 Å². The molecule has 1 heterocycles. The molecule has 3 atom stereocenters. The number of nitrogens with one attached hydrogen (secondary N) is 1. The maximum Gasteiger partial charge on any atom is 0.0520 e. The van der Waals surface area contributed by atoms with E-state index in [1.165, 1.54) is 36.8 Å². The molecular weight excluding hydrogens is 246 g/mol. The summed E-state index contributed by atoms with van der Waals surface area (Å²) in [6.45, 7) is 4.51. The van der Waals surface area contributed by atoms with Gasteiger partial charge in [-0.15, -0.1) is 0 Å². The fourth-order valence-corrected chi connectivity index (χ4v) is 3.97. The van der Waals surface area contributed by atoms with Crippen LogP contribution < -0.4 is 5.32 Å². The van der Waals surface area contributed by atoms with Gasteiger partial charge in [-0.3, -0.25) is 4.98 Å². The highest BCUT2D eigenvalue weighted by atomic mass is 15.2. The number of pyridine rings is 1. The molecule has 3 nitrogen and oxygen atoms in total. The smallest absolute Gasteiger partial charge is 0.0520 e. The summed E-state index contributed by atoms with van der Waals surface area (Å²) in [4.78, 5) is 6.84. The third kappa shape index (κ3) is 2.89. The minimum atomic E-state index is 0.196. The van der Waals surface area contributed by atoms with Crippen molar-refractivity contribution in [1.82, 2.24) is 15.2 Å². The second-order valence-electron chi connectivity index (χ2n) is 6.72. The highest BCUT2D eigenvalue weighted by molar-refractivity contribution is 5.24. The molecule has 1 aromatic heterocycles. The lowest BCUT2D eigenvalue weighted by Crippen LogP contribution is -2.55. The van der Waals surface area contributed by atoms with Crippen LogP contribution in [0.15, 0.2) is 18.5 Å². The molecule has 1 saturated carbocycles. The molecule has 0 radical (unpaired) electrons. The average molecular weight is 275 g/mol. The molecule has 2 rings (SSSR count). The van der Waals surface area contributed by atoms with E-state index in [9.17, 15) is 0 Å². The molecule has 3 heteroatoms. The summed E-state index contributed by atoms with van der Waals surface area (Å²) >= 11 is 0. The second-order valence-corrected chi connectivity index (χ2v) is 6.72. The van der Waals surface area contributed by atoms with Crippen molar-refractivity contribution in [2.45, 2.75) is 51.1 Å². The van der Waals surface area contributed by atoms with Crippen LogP contribution in [0, 0.1) is 12.8 Å². The number of rotatable bonds is 4. The fraction of sp³-hybridized carbons (Fsp3) is 0.706. The van der Waals surface area contributed by atoms with Crippen LogP contribution in [0.4, 0.5) is 0 Å². The first kappa shape index (κ1) is 15.5. The second kappa shape index (κ2) is 6.23. The lowest BCUT2D eigenvalue weighted by atomic mass is 9.69. The van der Waals surface area contributed by atoms with E-state index in [2.05, 4.69) is 56.3 Å². The highest BCUT2D eigenvalue weighted by Crippen LogP contribution is 2.43. The van der Waals surface area contributed by atoms with E-state index < -0.39 is 0 Å². The van der Waals surface area contributed by atoms with Crippen LogP contribution in [-0.2, 0) is 0 Å². The van der Waals surface area contributed by atoms with Crippen LogP contribution in [0.25, 0.3) is 0 Å².